The molecule has 486 valence electrons. The van der Waals surface area contributed by atoms with Gasteiger partial charge in [-0.1, -0.05) is 80.3 Å². The number of ketones is 2. The first kappa shape index (κ1) is 64.1. The molecule has 5 aromatic rings. The Bertz CT molecular complexity index is 3820. The molecular formula is C74H82N6O13. The van der Waals surface area contributed by atoms with Gasteiger partial charge in [0.1, 0.15) is 12.4 Å². The molecule has 2 saturated heterocycles. The van der Waals surface area contributed by atoms with E-state index in [9.17, 15) is 38.7 Å². The Hall–Kier alpha value is -9.02. The first-order valence-electron chi connectivity index (χ1n) is 32.8. The first-order chi connectivity index (χ1) is 44.9. The maximum absolute atomic E-state index is 14.5. The molecule has 5 aliphatic heterocycles. The summed E-state index contributed by atoms with van der Waals surface area (Å²) in [5.74, 6) is 6.08. The van der Waals surface area contributed by atoms with Crippen LogP contribution in [0.4, 0.5) is 21.9 Å². The highest BCUT2D eigenvalue weighted by Crippen LogP contribution is 2.58. The van der Waals surface area contributed by atoms with Gasteiger partial charge in [0, 0.05) is 74.2 Å². The SMILES string of the molecule is COc1cc2c(cc1OCCCCCOc1cc3c(cc1OC)C(=O)N1CC4(CC4)C[C@H]1[C@H](O)N3C(=O)OCc1ccc(CC(=O)[C@H](C)NC(=O)[C@@H](CC(=O)CCCCC(=O)N3Cc4ccccc4C#Cc4ccccc43)C(C)C)cc1)N=C[C@@H]1CC3(CC3)CN1C2=O. The Morgan fingerprint density at radius 3 is 2.02 bits per heavy atom. The zero-order valence-electron chi connectivity index (χ0n) is 53.7. The van der Waals surface area contributed by atoms with E-state index in [1.807, 2.05) is 73.5 Å². The summed E-state index contributed by atoms with van der Waals surface area (Å²) in [5, 5.41) is 15.0. The number of unbranched alkanes of at least 4 members (excludes halogenated alkanes) is 3. The van der Waals surface area contributed by atoms with Crippen molar-refractivity contribution in [3.8, 4) is 34.8 Å². The Labute approximate surface area is 543 Å². The number of carbonyl (C=O) groups excluding carboxylic acids is 7. The number of methoxy groups -OCH3 is 2. The Kier molecular flexibility index (Phi) is 18.8. The number of hydrogen-bond acceptors (Lipinski definition) is 14. The molecular weight excluding hydrogens is 1180 g/mol. The van der Waals surface area contributed by atoms with Gasteiger partial charge < -0.3 is 48.8 Å². The first-order valence-corrected chi connectivity index (χ1v) is 32.8. The molecule has 5 atom stereocenters. The van der Waals surface area contributed by atoms with E-state index >= 15 is 0 Å². The van der Waals surface area contributed by atoms with Crippen LogP contribution in [-0.4, -0.2) is 127 Å². The van der Waals surface area contributed by atoms with Gasteiger partial charge in [0.2, 0.25) is 11.8 Å². The molecule has 5 amide bonds. The van der Waals surface area contributed by atoms with Gasteiger partial charge in [-0.25, -0.2) is 9.69 Å². The second-order valence-corrected chi connectivity index (χ2v) is 26.7. The molecule has 7 aliphatic rings. The minimum atomic E-state index is -1.43. The van der Waals surface area contributed by atoms with Gasteiger partial charge in [0.05, 0.1) is 80.3 Å². The predicted molar refractivity (Wildman–Crippen MR) is 349 cm³/mol. The van der Waals surface area contributed by atoms with E-state index in [2.05, 4.69) is 17.2 Å². The van der Waals surface area contributed by atoms with E-state index in [4.69, 9.17) is 28.7 Å². The fraction of sp³-hybridized carbons (Fsp3) is 0.459. The molecule has 2 spiro atoms. The highest BCUT2D eigenvalue weighted by Gasteiger charge is 2.58. The van der Waals surface area contributed by atoms with Gasteiger partial charge in [-0.3, -0.25) is 33.8 Å². The van der Waals surface area contributed by atoms with Crippen molar-refractivity contribution in [3.05, 3.63) is 136 Å². The molecule has 0 bridgehead atoms. The van der Waals surface area contributed by atoms with Crippen molar-refractivity contribution in [1.82, 2.24) is 15.1 Å². The third-order valence-electron chi connectivity index (χ3n) is 19.8. The fourth-order valence-corrected chi connectivity index (χ4v) is 13.8. The maximum atomic E-state index is 14.5. The number of ether oxygens (including phenoxy) is 5. The van der Waals surface area contributed by atoms with E-state index in [0.29, 0.717) is 91.4 Å². The number of amides is 5. The number of carbonyl (C=O) groups is 7. The quantitative estimate of drug-likeness (QED) is 0.0410. The number of nitrogens with zero attached hydrogens (tertiary/aromatic N) is 5. The lowest BCUT2D eigenvalue weighted by Crippen LogP contribution is -2.50. The smallest absolute Gasteiger partial charge is 0.416 e. The van der Waals surface area contributed by atoms with Crippen LogP contribution in [0.5, 0.6) is 23.0 Å². The van der Waals surface area contributed by atoms with Crippen molar-refractivity contribution in [2.45, 2.75) is 155 Å². The minimum Gasteiger partial charge on any atom is -0.493 e. The van der Waals surface area contributed by atoms with E-state index in [-0.39, 0.29) is 114 Å². The molecule has 19 heteroatoms. The largest absolute Gasteiger partial charge is 0.493 e. The van der Waals surface area contributed by atoms with Gasteiger partial charge in [0.15, 0.2) is 35.0 Å². The van der Waals surface area contributed by atoms with Gasteiger partial charge in [0.25, 0.3) is 11.8 Å². The third kappa shape index (κ3) is 14.0. The van der Waals surface area contributed by atoms with Crippen LogP contribution < -0.4 is 34.1 Å². The number of fused-ring (bicyclic) bond motifs is 6. The summed E-state index contributed by atoms with van der Waals surface area (Å²) in [5.41, 5.74) is 6.19. The molecule has 0 aromatic heterocycles. The number of rotatable bonds is 25. The van der Waals surface area contributed by atoms with Crippen molar-refractivity contribution in [3.63, 3.8) is 0 Å². The lowest BCUT2D eigenvalue weighted by molar-refractivity contribution is -0.133. The zero-order valence-corrected chi connectivity index (χ0v) is 53.7. The second-order valence-electron chi connectivity index (χ2n) is 26.7. The molecule has 5 aromatic carbocycles. The summed E-state index contributed by atoms with van der Waals surface area (Å²) < 4.78 is 29.9. The standard InChI is InChI=1S/C74H82N6O13/c1-46(2)55(34-54(81)18-10-12-20-67(83)77-42-52-17-8-7-15-50(52)25-26-51-16-9-11-19-59(51)77)68(84)76-47(3)62(82)33-48-21-23-49(24-22-48)43-93-72(88)80-60-38-66(64(90-5)36-57(60)70(86)79-45-74(29-30-74)40-61(79)71(80)87)92-32-14-6-13-31-91-65-37-58-56(35-63(65)89-4)69(85)78-44-73(27-28-73)39-53(78)41-75-58/h7-9,11,15-17,19,21-24,35-38,41,46-47,53,55,61,71,87H,6,10,12-14,18,20,27-34,39-40,42-45H2,1-5H3,(H,76,84)/t47-,53-,55-,61-,71-/m0/s1. The molecule has 2 saturated carbocycles. The van der Waals surface area contributed by atoms with Crippen LogP contribution in [0.25, 0.3) is 0 Å². The number of benzene rings is 5. The van der Waals surface area contributed by atoms with Crippen LogP contribution >= 0.6 is 0 Å². The van der Waals surface area contributed by atoms with Crippen molar-refractivity contribution < 1.29 is 62.4 Å². The Morgan fingerprint density at radius 2 is 1.31 bits per heavy atom. The Balaban J connectivity index is 0.614. The predicted octanol–water partition coefficient (Wildman–Crippen LogP) is 10.9. The molecule has 2 aliphatic carbocycles. The van der Waals surface area contributed by atoms with E-state index in [1.54, 1.807) is 72.4 Å². The number of Topliss-reactive ketones (excluding diaryl/α,β-unsaturated/α-hetero) is 2. The second kappa shape index (κ2) is 27.3. The maximum Gasteiger partial charge on any atom is 0.416 e. The van der Waals surface area contributed by atoms with Crippen LogP contribution in [0.15, 0.2) is 102 Å². The lowest BCUT2D eigenvalue weighted by atomic mass is 9.88. The van der Waals surface area contributed by atoms with Crippen LogP contribution in [0, 0.1) is 34.5 Å². The minimum absolute atomic E-state index is 0.00423. The summed E-state index contributed by atoms with van der Waals surface area (Å²) in [6.45, 7) is 7.45. The number of para-hydroxylation sites is 1. The number of aliphatic hydroxyl groups is 1. The van der Waals surface area contributed by atoms with E-state index < -0.39 is 30.3 Å². The number of hydrogen-bond donors (Lipinski definition) is 2. The van der Waals surface area contributed by atoms with Gasteiger partial charge in [-0.2, -0.15) is 0 Å². The van der Waals surface area contributed by atoms with E-state index in [1.165, 1.54) is 7.11 Å². The molecule has 12 rings (SSSR count). The molecule has 2 N–H and O–H groups in total. The summed E-state index contributed by atoms with van der Waals surface area (Å²) in [6, 6.07) is 27.5. The molecule has 0 radical (unpaired) electrons. The summed E-state index contributed by atoms with van der Waals surface area (Å²) >= 11 is 0. The average Bonchev–Trinajstić information content (AvgIpc) is 1.58. The number of aliphatic hydroxyl groups excluding tert-OH is 1. The topological polar surface area (TPSA) is 223 Å². The monoisotopic (exact) mass is 1260 g/mol. The molecule has 93 heavy (non-hydrogen) atoms. The van der Waals surface area contributed by atoms with Crippen LogP contribution in [-0.2, 0) is 43.5 Å². The molecule has 5 heterocycles. The van der Waals surface area contributed by atoms with Crippen molar-refractivity contribution >= 4 is 64.6 Å². The highest BCUT2D eigenvalue weighted by molar-refractivity contribution is 6.06. The zero-order chi connectivity index (χ0) is 65.1. The molecule has 0 unspecified atom stereocenters. The van der Waals surface area contributed by atoms with Gasteiger partial charge in [-0.05, 0) is 141 Å². The van der Waals surface area contributed by atoms with Crippen molar-refractivity contribution in [2.75, 3.05) is 50.3 Å². The van der Waals surface area contributed by atoms with E-state index in [0.717, 1.165) is 72.3 Å². The fourth-order valence-electron chi connectivity index (χ4n) is 13.8. The third-order valence-corrected chi connectivity index (χ3v) is 19.8. The van der Waals surface area contributed by atoms with Crippen molar-refractivity contribution in [1.29, 1.82) is 0 Å². The van der Waals surface area contributed by atoms with Crippen LogP contribution in [0.1, 0.15) is 159 Å². The lowest BCUT2D eigenvalue weighted by Gasteiger charge is -2.31. The summed E-state index contributed by atoms with van der Waals surface area (Å²) in [4.78, 5) is 108. The van der Waals surface area contributed by atoms with Crippen molar-refractivity contribution in [2.24, 2.45) is 27.7 Å². The van der Waals surface area contributed by atoms with Gasteiger partial charge >= 0.3 is 6.09 Å². The van der Waals surface area contributed by atoms with Gasteiger partial charge in [-0.15, -0.1) is 0 Å². The number of nitrogens with one attached hydrogen (secondary N) is 1. The highest BCUT2D eigenvalue weighted by atomic mass is 16.6. The molecule has 4 fully saturated rings. The summed E-state index contributed by atoms with van der Waals surface area (Å²) in [7, 11) is 3.04. The summed E-state index contributed by atoms with van der Waals surface area (Å²) in [6.07, 6.45) is 8.74. The molecule has 19 nitrogen and oxygen atoms in total. The van der Waals surface area contributed by atoms with Crippen LogP contribution in [0.2, 0.25) is 0 Å². The normalized spacial score (nSPS) is 19.6. The van der Waals surface area contributed by atoms with Crippen LogP contribution in [0.3, 0.4) is 0 Å². The average molecular weight is 1260 g/mol. The number of aliphatic imine (C=N–C) groups is 1. The Morgan fingerprint density at radius 1 is 0.688 bits per heavy atom. The number of anilines is 2.